The van der Waals surface area contributed by atoms with Gasteiger partial charge in [-0.3, -0.25) is 4.79 Å². The molecule has 1 aliphatic rings. The highest BCUT2D eigenvalue weighted by Gasteiger charge is 2.36. The third kappa shape index (κ3) is 2.17. The van der Waals surface area contributed by atoms with Crippen LogP contribution in [0.3, 0.4) is 0 Å². The van der Waals surface area contributed by atoms with E-state index in [1.165, 1.54) is 33.2 Å². The highest BCUT2D eigenvalue weighted by molar-refractivity contribution is 6.18. The summed E-state index contributed by atoms with van der Waals surface area (Å²) in [5.74, 6) is 0. The molecule has 2 heteroatoms. The number of fused-ring (bicyclic) bond motifs is 8. The summed E-state index contributed by atoms with van der Waals surface area (Å²) in [5.41, 5.74) is 8.62. The number of nitrogens with zero attached hydrogens (tertiary/aromatic N) is 1. The summed E-state index contributed by atoms with van der Waals surface area (Å²) in [5, 5.41) is 3.93. The van der Waals surface area contributed by atoms with Crippen molar-refractivity contribution >= 4 is 38.1 Å². The second kappa shape index (κ2) is 6.43. The van der Waals surface area contributed by atoms with Crippen LogP contribution in [0.4, 0.5) is 0 Å². The van der Waals surface area contributed by atoms with Gasteiger partial charge in [0.05, 0.1) is 16.6 Å². The van der Waals surface area contributed by atoms with Gasteiger partial charge in [0.1, 0.15) is 0 Å². The second-order valence-electron chi connectivity index (χ2n) is 8.97. The van der Waals surface area contributed by atoms with Crippen molar-refractivity contribution in [2.45, 2.75) is 33.1 Å². The lowest BCUT2D eigenvalue weighted by Gasteiger charge is -2.21. The molecule has 1 aliphatic carbocycles. The van der Waals surface area contributed by atoms with E-state index >= 15 is 0 Å². The monoisotopic (exact) mass is 415 g/mol. The fourth-order valence-electron chi connectivity index (χ4n) is 5.70. The van der Waals surface area contributed by atoms with E-state index in [0.717, 1.165) is 27.2 Å². The fourth-order valence-corrected chi connectivity index (χ4v) is 5.70. The molecule has 6 aromatic rings. The Morgan fingerprint density at radius 2 is 1.31 bits per heavy atom. The van der Waals surface area contributed by atoms with Gasteiger partial charge in [0.2, 0.25) is 0 Å². The van der Waals surface area contributed by atoms with E-state index in [4.69, 9.17) is 0 Å². The van der Waals surface area contributed by atoms with Gasteiger partial charge in [-0.25, -0.2) is 0 Å². The van der Waals surface area contributed by atoms with E-state index < -0.39 is 0 Å². The number of hydrogen-bond acceptors (Lipinski definition) is 1. The zero-order chi connectivity index (χ0) is 22.2. The third-order valence-electron chi connectivity index (χ3n) is 7.12. The Labute approximate surface area is 187 Å². The lowest BCUT2D eigenvalue weighted by Crippen LogP contribution is -2.14. The summed E-state index contributed by atoms with van der Waals surface area (Å²) in [6.45, 7) is 8.62. The molecule has 0 fully saturated rings. The number of pyridine rings is 1. The molecule has 7 rings (SSSR count). The molecule has 0 unspecified atom stereocenters. The van der Waals surface area contributed by atoms with E-state index in [1.54, 1.807) is 0 Å². The lowest BCUT2D eigenvalue weighted by atomic mass is 9.82. The molecule has 2 aromatic heterocycles. The zero-order valence-corrected chi connectivity index (χ0v) is 18.9. The number of para-hydroxylation sites is 2. The van der Waals surface area contributed by atoms with Crippen molar-refractivity contribution in [2.75, 3.05) is 0 Å². The normalized spacial score (nSPS) is 14.0. The predicted molar refractivity (Wildman–Crippen MR) is 136 cm³/mol. The molecule has 156 valence electrons. The van der Waals surface area contributed by atoms with Crippen LogP contribution in [0.25, 0.3) is 49.2 Å². The molecule has 0 aliphatic heterocycles. The van der Waals surface area contributed by atoms with Gasteiger partial charge in [0, 0.05) is 27.0 Å². The van der Waals surface area contributed by atoms with Crippen molar-refractivity contribution in [1.29, 1.82) is 0 Å². The van der Waals surface area contributed by atoms with Crippen LogP contribution in [0.1, 0.15) is 38.8 Å². The highest BCUT2D eigenvalue weighted by atomic mass is 16.1. The van der Waals surface area contributed by atoms with E-state index in [1.807, 2.05) is 44.2 Å². The minimum absolute atomic E-state index is 0.0519. The summed E-state index contributed by atoms with van der Waals surface area (Å²) < 4.78 is 2.30. The summed E-state index contributed by atoms with van der Waals surface area (Å²) in [4.78, 5) is 13.2. The van der Waals surface area contributed by atoms with Crippen molar-refractivity contribution < 1.29 is 0 Å². The summed E-state index contributed by atoms with van der Waals surface area (Å²) in [6, 6.07) is 27.5. The molecule has 2 heterocycles. The average molecular weight is 416 g/mol. The molecular formula is C30H25NO. The molecule has 0 atom stereocenters. The molecule has 0 saturated heterocycles. The van der Waals surface area contributed by atoms with E-state index in [-0.39, 0.29) is 10.8 Å². The molecule has 4 aromatic carbocycles. The maximum atomic E-state index is 13.2. The summed E-state index contributed by atoms with van der Waals surface area (Å²) in [6.07, 6.45) is 0. The van der Waals surface area contributed by atoms with E-state index in [0.29, 0.717) is 0 Å². The summed E-state index contributed by atoms with van der Waals surface area (Å²) in [7, 11) is 0. The van der Waals surface area contributed by atoms with Crippen LogP contribution in [0, 0.1) is 0 Å². The minimum Gasteiger partial charge on any atom is -0.308 e. The predicted octanol–water partition coefficient (Wildman–Crippen LogP) is 7.53. The molecule has 0 amide bonds. The maximum absolute atomic E-state index is 13.2. The Balaban J connectivity index is 0.000000953. The van der Waals surface area contributed by atoms with Crippen LogP contribution in [0.2, 0.25) is 0 Å². The van der Waals surface area contributed by atoms with Gasteiger partial charge in [0.25, 0.3) is 0 Å². The molecule has 0 bridgehead atoms. The second-order valence-corrected chi connectivity index (χ2v) is 8.97. The Kier molecular flexibility index (Phi) is 3.83. The average Bonchev–Trinajstić information content (AvgIpc) is 3.28. The topological polar surface area (TPSA) is 21.5 Å². The Morgan fingerprint density at radius 3 is 2.16 bits per heavy atom. The largest absolute Gasteiger partial charge is 0.308 e. The Hall–Kier alpha value is -3.65. The zero-order valence-electron chi connectivity index (χ0n) is 18.9. The fraction of sp³-hybridized carbons (Fsp3) is 0.167. The molecule has 0 saturated carbocycles. The van der Waals surface area contributed by atoms with Crippen LogP contribution >= 0.6 is 0 Å². The summed E-state index contributed by atoms with van der Waals surface area (Å²) >= 11 is 0. The first-order chi connectivity index (χ1) is 15.6. The van der Waals surface area contributed by atoms with Gasteiger partial charge in [-0.05, 0) is 52.6 Å². The van der Waals surface area contributed by atoms with Gasteiger partial charge >= 0.3 is 0 Å². The van der Waals surface area contributed by atoms with Crippen molar-refractivity contribution in [1.82, 2.24) is 4.40 Å². The number of benzene rings is 4. The highest BCUT2D eigenvalue weighted by Crippen LogP contribution is 2.50. The standard InChI is InChI=1S/C28H19NO.C2H6/c1-28(2)22-12-5-3-8-16(22)20-14-21-17-10-7-11-19-26(17)29(25(21)15-23(20)28)24-13-6-4-9-18(24)27(19)30;1-2/h3-15H,1-2H3;1-2H3. The Morgan fingerprint density at radius 1 is 0.625 bits per heavy atom. The van der Waals surface area contributed by atoms with Crippen LogP contribution in [-0.4, -0.2) is 4.40 Å². The van der Waals surface area contributed by atoms with Crippen LogP contribution in [0.15, 0.2) is 83.7 Å². The van der Waals surface area contributed by atoms with Crippen molar-refractivity contribution in [2.24, 2.45) is 0 Å². The first-order valence-electron chi connectivity index (χ1n) is 11.4. The van der Waals surface area contributed by atoms with Gasteiger partial charge in [-0.15, -0.1) is 0 Å². The van der Waals surface area contributed by atoms with Crippen molar-refractivity contribution in [3.05, 3.63) is 100 Å². The molecule has 32 heavy (non-hydrogen) atoms. The minimum atomic E-state index is -0.0519. The van der Waals surface area contributed by atoms with Crippen LogP contribution in [-0.2, 0) is 5.41 Å². The van der Waals surface area contributed by atoms with Crippen LogP contribution < -0.4 is 5.43 Å². The number of aromatic nitrogens is 1. The van der Waals surface area contributed by atoms with Gasteiger partial charge in [0.15, 0.2) is 5.43 Å². The van der Waals surface area contributed by atoms with E-state index in [2.05, 4.69) is 66.8 Å². The number of rotatable bonds is 0. The SMILES string of the molecule is CC.CC1(C)c2ccccc2-c2cc3c4cccc5c(=O)c6ccccc6n(c3cc21)c54. The first kappa shape index (κ1) is 19.1. The van der Waals surface area contributed by atoms with E-state index in [9.17, 15) is 4.79 Å². The van der Waals surface area contributed by atoms with Crippen LogP contribution in [0.5, 0.6) is 0 Å². The molecule has 0 spiro atoms. The number of hydrogen-bond donors (Lipinski definition) is 0. The van der Waals surface area contributed by atoms with Gasteiger partial charge < -0.3 is 4.40 Å². The maximum Gasteiger partial charge on any atom is 0.197 e. The van der Waals surface area contributed by atoms with Gasteiger partial charge in [-0.2, -0.15) is 0 Å². The van der Waals surface area contributed by atoms with Crippen molar-refractivity contribution in [3.63, 3.8) is 0 Å². The van der Waals surface area contributed by atoms with Crippen molar-refractivity contribution in [3.8, 4) is 11.1 Å². The third-order valence-corrected chi connectivity index (χ3v) is 7.12. The van der Waals surface area contributed by atoms with Gasteiger partial charge in [-0.1, -0.05) is 76.2 Å². The quantitative estimate of drug-likeness (QED) is 0.235. The molecule has 2 nitrogen and oxygen atoms in total. The Bertz CT molecular complexity index is 1740. The first-order valence-corrected chi connectivity index (χ1v) is 11.4. The molecular weight excluding hydrogens is 390 g/mol. The molecule has 0 N–H and O–H groups in total. The molecule has 0 radical (unpaired) electrons. The lowest BCUT2D eigenvalue weighted by molar-refractivity contribution is 0.661. The smallest absolute Gasteiger partial charge is 0.197 e.